The number of carbonyl (C=O) groups is 1. The second kappa shape index (κ2) is 4.60. The largest absolute Gasteiger partial charge is 0.354 e. The van der Waals surface area contributed by atoms with Gasteiger partial charge in [-0.2, -0.15) is 0 Å². The third-order valence-electron chi connectivity index (χ3n) is 3.50. The van der Waals surface area contributed by atoms with Crippen molar-refractivity contribution in [3.8, 4) is 11.3 Å². The number of Topliss-reactive ketones (excluding diaryl/α,β-unsaturated/α-hetero) is 1. The molecule has 0 fully saturated rings. The molecule has 2 aromatic carbocycles. The van der Waals surface area contributed by atoms with E-state index in [-0.39, 0.29) is 11.6 Å². The highest BCUT2D eigenvalue weighted by atomic mass is 19.1. The van der Waals surface area contributed by atoms with Crippen molar-refractivity contribution in [3.63, 3.8) is 0 Å². The van der Waals surface area contributed by atoms with Gasteiger partial charge >= 0.3 is 0 Å². The van der Waals surface area contributed by atoms with E-state index < -0.39 is 0 Å². The lowest BCUT2D eigenvalue weighted by Gasteiger charge is -2.04. The summed E-state index contributed by atoms with van der Waals surface area (Å²) >= 11 is 0. The summed E-state index contributed by atoms with van der Waals surface area (Å²) in [5.74, 6) is -0.242. The summed E-state index contributed by atoms with van der Waals surface area (Å²) in [5.41, 5.74) is 3.71. The Kier molecular flexibility index (Phi) is 2.90. The van der Waals surface area contributed by atoms with Crippen molar-refractivity contribution in [1.29, 1.82) is 0 Å². The van der Waals surface area contributed by atoms with Gasteiger partial charge in [0.15, 0.2) is 5.78 Å². The molecular formula is C17H14FNO. The number of carbonyl (C=O) groups excluding carboxylic acids is 1. The zero-order chi connectivity index (χ0) is 14.3. The highest BCUT2D eigenvalue weighted by molar-refractivity contribution is 6.12. The lowest BCUT2D eigenvalue weighted by atomic mass is 10.0. The first-order valence-electron chi connectivity index (χ1n) is 6.46. The van der Waals surface area contributed by atoms with Gasteiger partial charge in [0.2, 0.25) is 0 Å². The van der Waals surface area contributed by atoms with Crippen LogP contribution in [0.4, 0.5) is 4.39 Å². The van der Waals surface area contributed by atoms with Crippen molar-refractivity contribution >= 4 is 16.7 Å². The fourth-order valence-electron chi connectivity index (χ4n) is 2.52. The first kappa shape index (κ1) is 12.6. The zero-order valence-corrected chi connectivity index (χ0v) is 11.3. The van der Waals surface area contributed by atoms with Gasteiger partial charge in [0, 0.05) is 10.9 Å². The van der Waals surface area contributed by atoms with E-state index in [0.717, 1.165) is 22.2 Å². The molecule has 0 aliphatic carbocycles. The molecule has 0 atom stereocenters. The van der Waals surface area contributed by atoms with Crippen LogP contribution in [-0.2, 0) is 0 Å². The summed E-state index contributed by atoms with van der Waals surface area (Å²) in [7, 11) is 0. The number of rotatable bonds is 2. The van der Waals surface area contributed by atoms with E-state index >= 15 is 0 Å². The zero-order valence-electron chi connectivity index (χ0n) is 11.3. The number of aromatic nitrogens is 1. The number of aromatic amines is 1. The molecule has 0 amide bonds. The van der Waals surface area contributed by atoms with Crippen LogP contribution in [-0.4, -0.2) is 10.8 Å². The van der Waals surface area contributed by atoms with E-state index in [1.54, 1.807) is 26.0 Å². The molecule has 100 valence electrons. The Hall–Kier alpha value is -2.42. The van der Waals surface area contributed by atoms with E-state index in [0.29, 0.717) is 11.1 Å². The molecule has 0 saturated carbocycles. The van der Waals surface area contributed by atoms with Crippen LogP contribution in [0.5, 0.6) is 0 Å². The van der Waals surface area contributed by atoms with Crippen LogP contribution in [0.3, 0.4) is 0 Å². The van der Waals surface area contributed by atoms with Gasteiger partial charge in [0.1, 0.15) is 5.82 Å². The molecule has 0 unspecified atom stereocenters. The maximum atomic E-state index is 13.4. The lowest BCUT2D eigenvalue weighted by Crippen LogP contribution is -1.94. The first-order valence-corrected chi connectivity index (χ1v) is 6.46. The summed E-state index contributed by atoms with van der Waals surface area (Å²) in [6.45, 7) is 3.27. The smallest absolute Gasteiger partial charge is 0.162 e. The van der Waals surface area contributed by atoms with Gasteiger partial charge in [-0.1, -0.05) is 18.2 Å². The summed E-state index contributed by atoms with van der Waals surface area (Å²) < 4.78 is 13.4. The third-order valence-corrected chi connectivity index (χ3v) is 3.50. The Balaban J connectivity index is 2.32. The molecule has 3 rings (SSSR count). The Bertz CT molecular complexity index is 817. The number of aryl methyl sites for hydroxylation is 1. The Labute approximate surface area is 116 Å². The minimum Gasteiger partial charge on any atom is -0.354 e. The summed E-state index contributed by atoms with van der Waals surface area (Å²) in [4.78, 5) is 15.2. The maximum absolute atomic E-state index is 13.4. The van der Waals surface area contributed by atoms with Crippen LogP contribution in [0.15, 0.2) is 42.5 Å². The van der Waals surface area contributed by atoms with Gasteiger partial charge < -0.3 is 4.98 Å². The van der Waals surface area contributed by atoms with E-state index in [2.05, 4.69) is 4.98 Å². The summed E-state index contributed by atoms with van der Waals surface area (Å²) in [6.07, 6.45) is 0. The minimum atomic E-state index is -0.241. The molecular weight excluding hydrogens is 253 g/mol. The number of nitrogens with one attached hydrogen (secondary N) is 1. The van der Waals surface area contributed by atoms with Crippen molar-refractivity contribution in [3.05, 3.63) is 59.4 Å². The lowest BCUT2D eigenvalue weighted by molar-refractivity contribution is 0.102. The standard InChI is InChI=1S/C17H14FNO/c1-10-9-12(7-8-14(10)18)17-16(11(2)20)13-5-3-4-6-15(13)19-17/h3-9,19H,1-2H3. The first-order chi connectivity index (χ1) is 9.58. The number of fused-ring (bicyclic) bond motifs is 1. The fourth-order valence-corrected chi connectivity index (χ4v) is 2.52. The molecule has 0 spiro atoms. The fraction of sp³-hybridized carbons (Fsp3) is 0.118. The number of benzene rings is 2. The Morgan fingerprint density at radius 2 is 1.90 bits per heavy atom. The predicted molar refractivity (Wildman–Crippen MR) is 78.4 cm³/mol. The molecule has 3 aromatic rings. The highest BCUT2D eigenvalue weighted by Crippen LogP contribution is 2.31. The quantitative estimate of drug-likeness (QED) is 0.682. The highest BCUT2D eigenvalue weighted by Gasteiger charge is 2.16. The Morgan fingerprint density at radius 1 is 1.15 bits per heavy atom. The molecule has 1 heterocycles. The van der Waals surface area contributed by atoms with E-state index in [4.69, 9.17) is 0 Å². The van der Waals surface area contributed by atoms with Gasteiger partial charge in [-0.3, -0.25) is 4.79 Å². The van der Waals surface area contributed by atoms with Gasteiger partial charge in [-0.25, -0.2) is 4.39 Å². The van der Waals surface area contributed by atoms with Crippen LogP contribution in [0.25, 0.3) is 22.2 Å². The van der Waals surface area contributed by atoms with Crippen molar-refractivity contribution in [2.45, 2.75) is 13.8 Å². The average Bonchev–Trinajstić information content (AvgIpc) is 2.81. The van der Waals surface area contributed by atoms with Crippen LogP contribution in [0.2, 0.25) is 0 Å². The van der Waals surface area contributed by atoms with Crippen molar-refractivity contribution in [2.24, 2.45) is 0 Å². The van der Waals surface area contributed by atoms with Crippen LogP contribution in [0, 0.1) is 12.7 Å². The third kappa shape index (κ3) is 1.92. The van der Waals surface area contributed by atoms with Crippen molar-refractivity contribution in [1.82, 2.24) is 4.98 Å². The second-order valence-corrected chi connectivity index (χ2v) is 4.94. The molecule has 1 aromatic heterocycles. The van der Waals surface area contributed by atoms with Crippen molar-refractivity contribution in [2.75, 3.05) is 0 Å². The monoisotopic (exact) mass is 267 g/mol. The van der Waals surface area contributed by atoms with Gasteiger partial charge in [-0.15, -0.1) is 0 Å². The van der Waals surface area contributed by atoms with E-state index in [1.807, 2.05) is 24.3 Å². The number of ketones is 1. The van der Waals surface area contributed by atoms with Crippen LogP contribution in [0.1, 0.15) is 22.8 Å². The summed E-state index contributed by atoms with van der Waals surface area (Å²) in [5, 5.41) is 0.900. The normalized spacial score (nSPS) is 10.9. The molecule has 1 N–H and O–H groups in total. The number of halogens is 1. The van der Waals surface area contributed by atoms with Gasteiger partial charge in [0.25, 0.3) is 0 Å². The molecule has 0 bridgehead atoms. The number of hydrogen-bond acceptors (Lipinski definition) is 1. The van der Waals surface area contributed by atoms with Gasteiger partial charge in [0.05, 0.1) is 11.3 Å². The van der Waals surface area contributed by atoms with Crippen molar-refractivity contribution < 1.29 is 9.18 Å². The number of hydrogen-bond donors (Lipinski definition) is 1. The summed E-state index contributed by atoms with van der Waals surface area (Å²) in [6, 6.07) is 12.6. The van der Waals surface area contributed by atoms with Crippen LogP contribution >= 0.6 is 0 Å². The van der Waals surface area contributed by atoms with Gasteiger partial charge in [-0.05, 0) is 49.2 Å². The van der Waals surface area contributed by atoms with E-state index in [1.165, 1.54) is 6.07 Å². The molecule has 20 heavy (non-hydrogen) atoms. The predicted octanol–water partition coefficient (Wildman–Crippen LogP) is 4.49. The molecule has 0 radical (unpaired) electrons. The second-order valence-electron chi connectivity index (χ2n) is 4.94. The number of H-pyrrole nitrogens is 1. The van der Waals surface area contributed by atoms with E-state index in [9.17, 15) is 9.18 Å². The Morgan fingerprint density at radius 3 is 2.60 bits per heavy atom. The SMILES string of the molecule is CC(=O)c1c(-c2ccc(F)c(C)c2)[nH]c2ccccc12. The molecule has 0 aliphatic heterocycles. The topological polar surface area (TPSA) is 32.9 Å². The molecule has 2 nitrogen and oxygen atoms in total. The minimum absolute atomic E-state index is 0.000530. The molecule has 0 aliphatic rings. The maximum Gasteiger partial charge on any atom is 0.162 e. The molecule has 0 saturated heterocycles. The molecule has 3 heteroatoms. The average molecular weight is 267 g/mol. The number of para-hydroxylation sites is 1. The van der Waals surface area contributed by atoms with Crippen LogP contribution < -0.4 is 0 Å².